The molecular formula is C11H16N4O2. The number of nitrogens with zero attached hydrogens (tertiary/aromatic N) is 4. The summed E-state index contributed by atoms with van der Waals surface area (Å²) in [6.07, 6.45) is 4.08. The van der Waals surface area contributed by atoms with E-state index in [-0.39, 0.29) is 12.5 Å². The second kappa shape index (κ2) is 5.09. The van der Waals surface area contributed by atoms with E-state index in [1.807, 2.05) is 11.9 Å². The smallest absolute Gasteiger partial charge is 0.241 e. The summed E-state index contributed by atoms with van der Waals surface area (Å²) in [5, 5.41) is 8.91. The SMILES string of the molecule is CN1CCCN(c2ncc(CO)cn2)CC1=O. The van der Waals surface area contributed by atoms with Gasteiger partial charge in [0.05, 0.1) is 13.2 Å². The van der Waals surface area contributed by atoms with Crippen LogP contribution in [0.2, 0.25) is 0 Å². The highest BCUT2D eigenvalue weighted by Crippen LogP contribution is 2.11. The van der Waals surface area contributed by atoms with Gasteiger partial charge in [-0.3, -0.25) is 4.79 Å². The summed E-state index contributed by atoms with van der Waals surface area (Å²) < 4.78 is 0. The number of likely N-dealkylation sites (N-methyl/N-ethyl adjacent to an activating group) is 1. The van der Waals surface area contributed by atoms with Gasteiger partial charge in [0.15, 0.2) is 0 Å². The summed E-state index contributed by atoms with van der Waals surface area (Å²) >= 11 is 0. The molecular weight excluding hydrogens is 220 g/mol. The highest BCUT2D eigenvalue weighted by molar-refractivity contribution is 5.81. The van der Waals surface area contributed by atoms with Crippen molar-refractivity contribution in [3.05, 3.63) is 18.0 Å². The fourth-order valence-electron chi connectivity index (χ4n) is 1.75. The molecule has 0 aromatic carbocycles. The Morgan fingerprint density at radius 1 is 1.35 bits per heavy atom. The zero-order chi connectivity index (χ0) is 12.3. The van der Waals surface area contributed by atoms with E-state index in [4.69, 9.17) is 5.11 Å². The van der Waals surface area contributed by atoms with Crippen molar-refractivity contribution in [1.29, 1.82) is 0 Å². The molecule has 1 aromatic rings. The molecule has 1 aliphatic rings. The monoisotopic (exact) mass is 236 g/mol. The highest BCUT2D eigenvalue weighted by atomic mass is 16.3. The van der Waals surface area contributed by atoms with Crippen molar-refractivity contribution in [3.8, 4) is 0 Å². The number of aliphatic hydroxyl groups is 1. The lowest BCUT2D eigenvalue weighted by Gasteiger charge is -2.19. The van der Waals surface area contributed by atoms with Crippen molar-refractivity contribution >= 4 is 11.9 Å². The second-order valence-corrected chi connectivity index (χ2v) is 4.14. The Morgan fingerprint density at radius 2 is 2.06 bits per heavy atom. The maximum atomic E-state index is 11.7. The molecule has 1 N–H and O–H groups in total. The molecule has 6 heteroatoms. The molecule has 0 spiro atoms. The van der Waals surface area contributed by atoms with Gasteiger partial charge in [0.25, 0.3) is 0 Å². The van der Waals surface area contributed by atoms with Gasteiger partial charge in [0.1, 0.15) is 0 Å². The van der Waals surface area contributed by atoms with Crippen molar-refractivity contribution in [1.82, 2.24) is 14.9 Å². The molecule has 2 heterocycles. The molecule has 2 rings (SSSR count). The number of anilines is 1. The molecule has 92 valence electrons. The molecule has 1 fully saturated rings. The summed E-state index contributed by atoms with van der Waals surface area (Å²) in [4.78, 5) is 23.6. The summed E-state index contributed by atoms with van der Waals surface area (Å²) in [5.41, 5.74) is 0.673. The third-order valence-corrected chi connectivity index (χ3v) is 2.83. The first-order chi connectivity index (χ1) is 8.20. The van der Waals surface area contributed by atoms with Crippen molar-refractivity contribution in [2.24, 2.45) is 0 Å². The third-order valence-electron chi connectivity index (χ3n) is 2.83. The Labute approximate surface area is 99.9 Å². The number of carbonyl (C=O) groups excluding carboxylic acids is 1. The lowest BCUT2D eigenvalue weighted by molar-refractivity contribution is -0.127. The van der Waals surface area contributed by atoms with Gasteiger partial charge in [0, 0.05) is 38.1 Å². The van der Waals surface area contributed by atoms with E-state index in [1.165, 1.54) is 0 Å². The van der Waals surface area contributed by atoms with Crippen molar-refractivity contribution in [2.75, 3.05) is 31.6 Å². The average Bonchev–Trinajstić information content (AvgIpc) is 2.52. The quantitative estimate of drug-likeness (QED) is 0.759. The minimum atomic E-state index is -0.0675. The van der Waals surface area contributed by atoms with Crippen LogP contribution in [0, 0.1) is 0 Å². The van der Waals surface area contributed by atoms with Crippen molar-refractivity contribution < 1.29 is 9.90 Å². The van der Waals surface area contributed by atoms with E-state index >= 15 is 0 Å². The zero-order valence-electron chi connectivity index (χ0n) is 9.83. The molecule has 1 saturated heterocycles. The van der Waals surface area contributed by atoms with E-state index in [9.17, 15) is 4.79 Å². The Balaban J connectivity index is 2.12. The number of aromatic nitrogens is 2. The minimum absolute atomic E-state index is 0.0675. The number of rotatable bonds is 2. The Hall–Kier alpha value is -1.69. The first-order valence-electron chi connectivity index (χ1n) is 5.61. The topological polar surface area (TPSA) is 69.6 Å². The van der Waals surface area contributed by atoms with Gasteiger partial charge in [-0.15, -0.1) is 0 Å². The van der Waals surface area contributed by atoms with E-state index < -0.39 is 0 Å². The first-order valence-corrected chi connectivity index (χ1v) is 5.61. The highest BCUT2D eigenvalue weighted by Gasteiger charge is 2.20. The molecule has 0 bridgehead atoms. The number of amides is 1. The molecule has 0 saturated carbocycles. The largest absolute Gasteiger partial charge is 0.392 e. The minimum Gasteiger partial charge on any atom is -0.392 e. The van der Waals surface area contributed by atoms with Gasteiger partial charge < -0.3 is 14.9 Å². The van der Waals surface area contributed by atoms with Crippen LogP contribution in [-0.2, 0) is 11.4 Å². The standard InChI is InChI=1S/C11H16N4O2/c1-14-3-2-4-15(7-10(14)17)11-12-5-9(8-16)6-13-11/h5-6,16H,2-4,7-8H2,1H3. The van der Waals surface area contributed by atoms with Crippen LogP contribution in [-0.4, -0.2) is 52.6 Å². The van der Waals surface area contributed by atoms with Crippen LogP contribution >= 0.6 is 0 Å². The number of hydrogen-bond donors (Lipinski definition) is 1. The van der Waals surface area contributed by atoms with Gasteiger partial charge in [-0.25, -0.2) is 9.97 Å². The normalized spacial score (nSPS) is 17.2. The lowest BCUT2D eigenvalue weighted by Crippen LogP contribution is -2.35. The van der Waals surface area contributed by atoms with Crippen LogP contribution in [0.15, 0.2) is 12.4 Å². The van der Waals surface area contributed by atoms with Crippen LogP contribution in [0.3, 0.4) is 0 Å². The molecule has 0 atom stereocenters. The van der Waals surface area contributed by atoms with Gasteiger partial charge in [-0.2, -0.15) is 0 Å². The molecule has 6 nitrogen and oxygen atoms in total. The Morgan fingerprint density at radius 3 is 2.71 bits per heavy atom. The molecule has 0 aliphatic carbocycles. The maximum Gasteiger partial charge on any atom is 0.241 e. The van der Waals surface area contributed by atoms with Gasteiger partial charge >= 0.3 is 0 Å². The van der Waals surface area contributed by atoms with Gasteiger partial charge in [-0.05, 0) is 6.42 Å². The lowest BCUT2D eigenvalue weighted by atomic mass is 10.3. The summed E-state index contributed by atoms with van der Waals surface area (Å²) in [6.45, 7) is 1.79. The van der Waals surface area contributed by atoms with Crippen LogP contribution in [0.1, 0.15) is 12.0 Å². The van der Waals surface area contributed by atoms with Gasteiger partial charge in [-0.1, -0.05) is 0 Å². The van der Waals surface area contributed by atoms with Crippen molar-refractivity contribution in [2.45, 2.75) is 13.0 Å². The zero-order valence-corrected chi connectivity index (χ0v) is 9.83. The molecule has 17 heavy (non-hydrogen) atoms. The third kappa shape index (κ3) is 2.71. The van der Waals surface area contributed by atoms with E-state index in [0.717, 1.165) is 19.5 Å². The van der Waals surface area contributed by atoms with Gasteiger partial charge in [0.2, 0.25) is 11.9 Å². The van der Waals surface area contributed by atoms with Crippen LogP contribution in [0.5, 0.6) is 0 Å². The molecule has 0 radical (unpaired) electrons. The van der Waals surface area contributed by atoms with Crippen LogP contribution < -0.4 is 4.90 Å². The fraction of sp³-hybridized carbons (Fsp3) is 0.545. The molecule has 1 amide bonds. The van der Waals surface area contributed by atoms with Crippen molar-refractivity contribution in [3.63, 3.8) is 0 Å². The molecule has 0 unspecified atom stereocenters. The van der Waals surface area contributed by atoms with E-state index in [0.29, 0.717) is 18.1 Å². The summed E-state index contributed by atoms with van der Waals surface area (Å²) in [5.74, 6) is 0.628. The summed E-state index contributed by atoms with van der Waals surface area (Å²) in [7, 11) is 1.81. The fourth-order valence-corrected chi connectivity index (χ4v) is 1.75. The first kappa shape index (κ1) is 11.8. The number of hydrogen-bond acceptors (Lipinski definition) is 5. The maximum absolute atomic E-state index is 11.7. The Bertz CT molecular complexity index is 393. The second-order valence-electron chi connectivity index (χ2n) is 4.14. The van der Waals surface area contributed by atoms with Crippen LogP contribution in [0.4, 0.5) is 5.95 Å². The number of aliphatic hydroxyl groups excluding tert-OH is 1. The Kier molecular flexibility index (Phi) is 3.53. The van der Waals surface area contributed by atoms with Crippen LogP contribution in [0.25, 0.3) is 0 Å². The van der Waals surface area contributed by atoms with E-state index in [2.05, 4.69) is 9.97 Å². The average molecular weight is 236 g/mol. The van der Waals surface area contributed by atoms with E-state index in [1.54, 1.807) is 17.3 Å². The predicted molar refractivity (Wildman–Crippen MR) is 62.4 cm³/mol. The predicted octanol–water partition coefficient (Wildman–Crippen LogP) is -0.363. The number of carbonyl (C=O) groups is 1. The summed E-state index contributed by atoms with van der Waals surface area (Å²) in [6, 6.07) is 0. The molecule has 1 aromatic heterocycles. The molecule has 1 aliphatic heterocycles.